The van der Waals surface area contributed by atoms with E-state index >= 15 is 0 Å². The van der Waals surface area contributed by atoms with Crippen LogP contribution in [0.3, 0.4) is 0 Å². The molecule has 1 heterocycles. The van der Waals surface area contributed by atoms with Gasteiger partial charge >= 0.3 is 0 Å². The van der Waals surface area contributed by atoms with E-state index in [4.69, 9.17) is 5.73 Å². The maximum atomic E-state index is 13.9. The topological polar surface area (TPSA) is 29.3 Å². The second kappa shape index (κ2) is 4.42. The van der Waals surface area contributed by atoms with Gasteiger partial charge in [0.1, 0.15) is 5.82 Å². The minimum Gasteiger partial charge on any atom is -0.369 e. The summed E-state index contributed by atoms with van der Waals surface area (Å²) in [7, 11) is 0. The molecule has 0 aliphatic carbocycles. The van der Waals surface area contributed by atoms with Crippen LogP contribution in [0, 0.1) is 11.7 Å². The number of hydrogen-bond donors (Lipinski definition) is 1. The first-order chi connectivity index (χ1) is 7.59. The van der Waals surface area contributed by atoms with E-state index in [-0.39, 0.29) is 11.9 Å². The molecule has 1 fully saturated rings. The Labute approximate surface area is 96.2 Å². The van der Waals surface area contributed by atoms with Crippen molar-refractivity contribution in [2.24, 2.45) is 11.7 Å². The smallest absolute Gasteiger partial charge is 0.146 e. The lowest BCUT2D eigenvalue weighted by atomic mass is 10.1. The zero-order chi connectivity index (χ0) is 11.7. The van der Waals surface area contributed by atoms with Crippen LogP contribution in [0.5, 0.6) is 0 Å². The summed E-state index contributed by atoms with van der Waals surface area (Å²) in [5, 5.41) is 0. The maximum Gasteiger partial charge on any atom is 0.146 e. The number of benzene rings is 1. The van der Waals surface area contributed by atoms with Crippen molar-refractivity contribution in [1.29, 1.82) is 0 Å². The largest absolute Gasteiger partial charge is 0.369 e. The molecule has 1 aliphatic rings. The molecule has 1 aromatic carbocycles. The third-order valence-electron chi connectivity index (χ3n) is 3.25. The predicted octanol–water partition coefficient (Wildman–Crippen LogP) is 2.69. The molecule has 0 radical (unpaired) electrons. The van der Waals surface area contributed by atoms with Gasteiger partial charge in [-0.15, -0.1) is 0 Å². The zero-order valence-electron chi connectivity index (χ0n) is 9.91. The van der Waals surface area contributed by atoms with Crippen molar-refractivity contribution < 1.29 is 4.39 Å². The quantitative estimate of drug-likeness (QED) is 0.833. The summed E-state index contributed by atoms with van der Waals surface area (Å²) in [5.41, 5.74) is 7.51. The maximum absolute atomic E-state index is 13.9. The fraction of sp³-hybridized carbons (Fsp3) is 0.538. The highest BCUT2D eigenvalue weighted by Gasteiger charge is 2.24. The highest BCUT2D eigenvalue weighted by molar-refractivity contribution is 5.56. The first-order valence-electron chi connectivity index (χ1n) is 5.88. The lowest BCUT2D eigenvalue weighted by Gasteiger charge is -2.24. The van der Waals surface area contributed by atoms with Crippen molar-refractivity contribution in [3.05, 3.63) is 29.6 Å². The zero-order valence-corrected chi connectivity index (χ0v) is 9.91. The molecule has 2 rings (SSSR count). The number of nitrogens with two attached hydrogens (primary N) is 1. The number of hydrogen-bond acceptors (Lipinski definition) is 2. The number of anilines is 1. The average Bonchev–Trinajstić information content (AvgIpc) is 2.64. The van der Waals surface area contributed by atoms with Crippen LogP contribution in [0.4, 0.5) is 10.1 Å². The minimum absolute atomic E-state index is 0.124. The second-order valence-corrected chi connectivity index (χ2v) is 4.81. The van der Waals surface area contributed by atoms with Gasteiger partial charge in [-0.2, -0.15) is 0 Å². The molecule has 0 amide bonds. The number of rotatable bonds is 2. The SMILES string of the molecule is CC1CCN(c2c(F)cccc2[C@H](C)N)C1. The van der Waals surface area contributed by atoms with Gasteiger partial charge in [0.25, 0.3) is 0 Å². The minimum atomic E-state index is -0.149. The van der Waals surface area contributed by atoms with Crippen molar-refractivity contribution in [3.63, 3.8) is 0 Å². The second-order valence-electron chi connectivity index (χ2n) is 4.81. The molecule has 3 heteroatoms. The van der Waals surface area contributed by atoms with Crippen LogP contribution in [0.15, 0.2) is 18.2 Å². The molecule has 0 spiro atoms. The molecule has 16 heavy (non-hydrogen) atoms. The van der Waals surface area contributed by atoms with Crippen molar-refractivity contribution in [2.45, 2.75) is 26.3 Å². The van der Waals surface area contributed by atoms with Gasteiger partial charge in [-0.3, -0.25) is 0 Å². The van der Waals surface area contributed by atoms with E-state index in [1.165, 1.54) is 6.07 Å². The van der Waals surface area contributed by atoms with Crippen LogP contribution in [-0.2, 0) is 0 Å². The monoisotopic (exact) mass is 222 g/mol. The van der Waals surface area contributed by atoms with Crippen LogP contribution in [0.25, 0.3) is 0 Å². The van der Waals surface area contributed by atoms with E-state index in [9.17, 15) is 4.39 Å². The normalized spacial score (nSPS) is 22.5. The Bertz CT molecular complexity index is 376. The van der Waals surface area contributed by atoms with Crippen LogP contribution in [0.2, 0.25) is 0 Å². The summed E-state index contributed by atoms with van der Waals surface area (Å²) in [6.07, 6.45) is 1.13. The van der Waals surface area contributed by atoms with E-state index in [0.29, 0.717) is 11.6 Å². The summed E-state index contributed by atoms with van der Waals surface area (Å²) in [6, 6.07) is 5.05. The molecule has 0 bridgehead atoms. The average molecular weight is 222 g/mol. The predicted molar refractivity (Wildman–Crippen MR) is 65.0 cm³/mol. The van der Waals surface area contributed by atoms with Crippen molar-refractivity contribution in [1.82, 2.24) is 0 Å². The van der Waals surface area contributed by atoms with Crippen molar-refractivity contribution in [2.75, 3.05) is 18.0 Å². The molecule has 0 aromatic heterocycles. The molecular formula is C13H19FN2. The molecule has 2 atom stereocenters. The van der Waals surface area contributed by atoms with Gasteiger partial charge in [-0.25, -0.2) is 4.39 Å². The first-order valence-corrected chi connectivity index (χ1v) is 5.88. The highest BCUT2D eigenvalue weighted by Crippen LogP contribution is 2.32. The summed E-state index contributed by atoms with van der Waals surface area (Å²) < 4.78 is 13.9. The highest BCUT2D eigenvalue weighted by atomic mass is 19.1. The van der Waals surface area contributed by atoms with E-state index in [2.05, 4.69) is 11.8 Å². The Balaban J connectivity index is 2.38. The van der Waals surface area contributed by atoms with Gasteiger partial charge in [0.2, 0.25) is 0 Å². The third-order valence-corrected chi connectivity index (χ3v) is 3.25. The van der Waals surface area contributed by atoms with Gasteiger partial charge in [0, 0.05) is 19.1 Å². The summed E-state index contributed by atoms with van der Waals surface area (Å²) in [6.45, 7) is 5.96. The van der Waals surface area contributed by atoms with E-state index < -0.39 is 0 Å². The summed E-state index contributed by atoms with van der Waals surface area (Å²) in [5.74, 6) is 0.490. The molecule has 1 unspecified atom stereocenters. The van der Waals surface area contributed by atoms with Gasteiger partial charge in [0.15, 0.2) is 0 Å². The fourth-order valence-corrected chi connectivity index (χ4v) is 2.37. The van der Waals surface area contributed by atoms with Crippen LogP contribution >= 0.6 is 0 Å². The standard InChI is InChI=1S/C13H19FN2/c1-9-6-7-16(8-9)13-11(10(2)15)4-3-5-12(13)14/h3-5,9-10H,6-8,15H2,1-2H3/t9?,10-/m0/s1. The molecule has 1 aliphatic heterocycles. The Kier molecular flexibility index (Phi) is 3.15. The van der Waals surface area contributed by atoms with E-state index in [0.717, 1.165) is 25.1 Å². The lowest BCUT2D eigenvalue weighted by Crippen LogP contribution is -2.23. The third kappa shape index (κ3) is 2.05. The number of para-hydroxylation sites is 1. The van der Waals surface area contributed by atoms with Gasteiger partial charge in [-0.05, 0) is 30.9 Å². The Morgan fingerprint density at radius 1 is 1.50 bits per heavy atom. The molecule has 1 saturated heterocycles. The Morgan fingerprint density at radius 2 is 2.25 bits per heavy atom. The van der Waals surface area contributed by atoms with Crippen LogP contribution in [-0.4, -0.2) is 13.1 Å². The summed E-state index contributed by atoms with van der Waals surface area (Å²) >= 11 is 0. The summed E-state index contributed by atoms with van der Waals surface area (Å²) in [4.78, 5) is 2.12. The molecule has 2 N–H and O–H groups in total. The van der Waals surface area contributed by atoms with Gasteiger partial charge in [0.05, 0.1) is 5.69 Å². The van der Waals surface area contributed by atoms with Crippen molar-refractivity contribution in [3.8, 4) is 0 Å². The first kappa shape index (κ1) is 11.4. The Morgan fingerprint density at radius 3 is 2.81 bits per heavy atom. The molecule has 88 valence electrons. The van der Waals surface area contributed by atoms with Crippen LogP contribution in [0.1, 0.15) is 31.9 Å². The van der Waals surface area contributed by atoms with Crippen LogP contribution < -0.4 is 10.6 Å². The van der Waals surface area contributed by atoms with Gasteiger partial charge in [-0.1, -0.05) is 19.1 Å². The van der Waals surface area contributed by atoms with E-state index in [1.54, 1.807) is 6.07 Å². The lowest BCUT2D eigenvalue weighted by molar-refractivity contribution is 0.613. The molecular weight excluding hydrogens is 203 g/mol. The van der Waals surface area contributed by atoms with Gasteiger partial charge < -0.3 is 10.6 Å². The van der Waals surface area contributed by atoms with E-state index in [1.807, 2.05) is 13.0 Å². The fourth-order valence-electron chi connectivity index (χ4n) is 2.37. The number of halogens is 1. The van der Waals surface area contributed by atoms with Crippen molar-refractivity contribution >= 4 is 5.69 Å². The number of nitrogens with zero attached hydrogens (tertiary/aromatic N) is 1. The Hall–Kier alpha value is -1.09. The molecule has 1 aromatic rings. The molecule has 0 saturated carbocycles. The molecule has 2 nitrogen and oxygen atoms in total.